The quantitative estimate of drug-likeness (QED) is 0.441. The number of hydrogen-bond donors (Lipinski definition) is 0. The van der Waals surface area contributed by atoms with E-state index in [4.69, 9.17) is 0 Å². The van der Waals surface area contributed by atoms with Gasteiger partial charge in [0.15, 0.2) is 0 Å². The minimum atomic E-state index is 0.616. The fourth-order valence-corrected chi connectivity index (χ4v) is 2.80. The van der Waals surface area contributed by atoms with Gasteiger partial charge in [-0.1, -0.05) is 0 Å². The molecule has 0 aromatic heterocycles. The third kappa shape index (κ3) is 2.15. The van der Waals surface area contributed by atoms with E-state index >= 15 is 0 Å². The van der Waals surface area contributed by atoms with E-state index in [1.807, 2.05) is 0 Å². The molecule has 0 radical (unpaired) electrons. The van der Waals surface area contributed by atoms with E-state index in [1.54, 1.807) is 0 Å². The van der Waals surface area contributed by atoms with Gasteiger partial charge in [0.1, 0.15) is 0 Å². The molecular weight excluding hydrogens is 217 g/mol. The number of halogens is 1. The van der Waals surface area contributed by atoms with Gasteiger partial charge in [0, 0.05) is 0 Å². The Kier molecular flexibility index (Phi) is 2.52. The molecule has 1 aliphatic carbocycles. The van der Waals surface area contributed by atoms with Crippen LogP contribution >= 0.6 is 15.9 Å². The van der Waals surface area contributed by atoms with Gasteiger partial charge in [-0.3, -0.25) is 0 Å². The van der Waals surface area contributed by atoms with Gasteiger partial charge in [-0.05, 0) is 0 Å². The maximum atomic E-state index is 3.75. The molecule has 0 aromatic carbocycles. The predicted molar refractivity (Wildman–Crippen MR) is 34.7 cm³/mol. The first kappa shape index (κ1) is 7.21. The van der Waals surface area contributed by atoms with Crippen molar-refractivity contribution in [2.45, 2.75) is 35.0 Å². The van der Waals surface area contributed by atoms with Crippen LogP contribution in [0.3, 0.4) is 0 Å². The Morgan fingerprint density at radius 2 is 1.62 bits per heavy atom. The first-order valence-electron chi connectivity index (χ1n) is 3.25. The monoisotopic (exact) mass is 225 g/mol. The molecule has 1 aliphatic rings. The van der Waals surface area contributed by atoms with E-state index in [0.29, 0.717) is 2.92 Å². The second-order valence-electron chi connectivity index (χ2n) is 2.71. The molecule has 0 N–H and O–H groups in total. The van der Waals surface area contributed by atoms with Gasteiger partial charge < -0.3 is 0 Å². The van der Waals surface area contributed by atoms with Crippen molar-refractivity contribution >= 4 is 15.9 Å². The molecule has 1 rings (SSSR count). The molecule has 0 bridgehead atoms. The molecule has 2 heteroatoms. The van der Waals surface area contributed by atoms with E-state index in [-0.39, 0.29) is 0 Å². The Labute approximate surface area is 69.2 Å². The van der Waals surface area contributed by atoms with Crippen molar-refractivity contribution in [3.8, 4) is 0 Å². The van der Waals surface area contributed by atoms with Crippen LogP contribution < -0.4 is 0 Å². The summed E-state index contributed by atoms with van der Waals surface area (Å²) in [6, 6.07) is 0. The molecule has 0 saturated heterocycles. The molecule has 0 nitrogen and oxygen atoms in total. The summed E-state index contributed by atoms with van der Waals surface area (Å²) in [4.78, 5) is 0. The van der Waals surface area contributed by atoms with Crippen LogP contribution in [0.25, 0.3) is 0 Å². The molecule has 43 valence electrons. The summed E-state index contributed by atoms with van der Waals surface area (Å²) >= 11 is 5.17. The molecule has 0 heterocycles. The summed E-state index contributed by atoms with van der Waals surface area (Å²) in [7, 11) is 0. The number of alkyl halides is 1. The van der Waals surface area contributed by atoms with E-state index in [0.717, 1.165) is 0 Å². The molecule has 0 aliphatic heterocycles. The van der Waals surface area contributed by atoms with Crippen molar-refractivity contribution in [2.75, 3.05) is 0 Å². The van der Waals surface area contributed by atoms with Crippen molar-refractivity contribution in [2.24, 2.45) is 0 Å². The van der Waals surface area contributed by atoms with Crippen LogP contribution in [0.1, 0.15) is 32.1 Å². The van der Waals surface area contributed by atoms with Gasteiger partial charge in [-0.2, -0.15) is 0 Å². The predicted octanol–water partition coefficient (Wildman–Crippen LogP) is 2.59. The molecule has 0 unspecified atom stereocenters. The normalized spacial score (nSPS) is 27.9. The number of rotatable bonds is 0. The standard InChI is InChI=1S/C6H10Br.Zn/c7-6-4-2-1-3-5-6;/h1-5H2;. The van der Waals surface area contributed by atoms with Crippen LogP contribution in [0.2, 0.25) is 0 Å². The zero-order chi connectivity index (χ0) is 6.04. The van der Waals surface area contributed by atoms with Crippen molar-refractivity contribution in [3.05, 3.63) is 0 Å². The van der Waals surface area contributed by atoms with Gasteiger partial charge in [0.2, 0.25) is 0 Å². The zero-order valence-corrected chi connectivity index (χ0v) is 9.67. The Hall–Kier alpha value is 1.10. The summed E-state index contributed by atoms with van der Waals surface area (Å²) in [6.07, 6.45) is 7.21. The summed E-state index contributed by atoms with van der Waals surface area (Å²) in [5.74, 6) is 0. The van der Waals surface area contributed by atoms with Crippen molar-refractivity contribution in [1.29, 1.82) is 0 Å². The summed E-state index contributed by atoms with van der Waals surface area (Å²) in [5, 5.41) is 0. The Bertz CT molecular complexity index is 72.6. The third-order valence-corrected chi connectivity index (χ3v) is 4.03. The van der Waals surface area contributed by atoms with Crippen molar-refractivity contribution < 1.29 is 18.3 Å². The van der Waals surface area contributed by atoms with Crippen LogP contribution in [0, 0.1) is 0 Å². The Morgan fingerprint density at radius 3 is 1.88 bits per heavy atom. The van der Waals surface area contributed by atoms with Gasteiger partial charge in [-0.25, -0.2) is 0 Å². The Morgan fingerprint density at radius 1 is 1.12 bits per heavy atom. The van der Waals surface area contributed by atoms with E-state index in [9.17, 15) is 0 Å². The van der Waals surface area contributed by atoms with Gasteiger partial charge >= 0.3 is 69.3 Å². The molecular formula is C6H10BrZn. The summed E-state index contributed by atoms with van der Waals surface area (Å²) in [5.41, 5.74) is 0. The van der Waals surface area contributed by atoms with Gasteiger partial charge in [0.05, 0.1) is 0 Å². The molecule has 0 amide bonds. The van der Waals surface area contributed by atoms with E-state index in [2.05, 4.69) is 15.9 Å². The van der Waals surface area contributed by atoms with E-state index in [1.165, 1.54) is 50.4 Å². The molecule has 1 fully saturated rings. The topological polar surface area (TPSA) is 0 Å². The molecule has 0 spiro atoms. The maximum absolute atomic E-state index is 3.75. The molecule has 0 aromatic rings. The third-order valence-electron chi connectivity index (χ3n) is 1.75. The number of hydrogen-bond acceptors (Lipinski definition) is 0. The zero-order valence-electron chi connectivity index (χ0n) is 5.12. The molecule has 8 heavy (non-hydrogen) atoms. The molecule has 1 saturated carbocycles. The second kappa shape index (κ2) is 2.79. The van der Waals surface area contributed by atoms with Gasteiger partial charge in [-0.15, -0.1) is 0 Å². The molecule has 0 atom stereocenters. The van der Waals surface area contributed by atoms with Crippen LogP contribution in [0.4, 0.5) is 0 Å². The van der Waals surface area contributed by atoms with Gasteiger partial charge in [0.25, 0.3) is 0 Å². The van der Waals surface area contributed by atoms with Crippen LogP contribution in [-0.4, -0.2) is 2.92 Å². The summed E-state index contributed by atoms with van der Waals surface area (Å²) in [6.45, 7) is 0. The van der Waals surface area contributed by atoms with Crippen LogP contribution in [-0.2, 0) is 18.3 Å². The fourth-order valence-electron chi connectivity index (χ4n) is 1.19. The second-order valence-corrected chi connectivity index (χ2v) is 9.41. The summed E-state index contributed by atoms with van der Waals surface area (Å²) < 4.78 is 0.616. The minimum absolute atomic E-state index is 0.616. The average molecular weight is 227 g/mol. The Balaban J connectivity index is 2.33. The van der Waals surface area contributed by atoms with Crippen molar-refractivity contribution in [3.63, 3.8) is 0 Å². The first-order valence-corrected chi connectivity index (χ1v) is 5.53. The SMILES string of the molecule is [Zn][C]1(Br)CCCCC1. The first-order chi connectivity index (χ1) is 3.71. The van der Waals surface area contributed by atoms with E-state index < -0.39 is 0 Å². The van der Waals surface area contributed by atoms with Crippen molar-refractivity contribution in [1.82, 2.24) is 0 Å². The fraction of sp³-hybridized carbons (Fsp3) is 1.00. The van der Waals surface area contributed by atoms with Crippen LogP contribution in [0.15, 0.2) is 0 Å². The average Bonchev–Trinajstić information content (AvgIpc) is 1.65. The van der Waals surface area contributed by atoms with Crippen LogP contribution in [0.5, 0.6) is 0 Å².